The second-order valence-corrected chi connectivity index (χ2v) is 4.68. The van der Waals surface area contributed by atoms with Crippen LogP contribution in [0.5, 0.6) is 5.75 Å². The first-order valence-electron chi connectivity index (χ1n) is 6.11. The third kappa shape index (κ3) is 3.21. The third-order valence-electron chi connectivity index (χ3n) is 2.95. The Kier molecular flexibility index (Phi) is 4.82. The lowest BCUT2D eigenvalue weighted by molar-refractivity contribution is 0.273. The molecular weight excluding hydrogens is 281 g/mol. The lowest BCUT2D eigenvalue weighted by Crippen LogP contribution is -2.16. The van der Waals surface area contributed by atoms with Crippen LogP contribution < -0.4 is 10.1 Å². The van der Waals surface area contributed by atoms with Crippen LogP contribution in [0.15, 0.2) is 42.5 Å². The van der Waals surface area contributed by atoms with Gasteiger partial charge in [0.05, 0.1) is 25.4 Å². The number of nitrogens with one attached hydrogen (secondary N) is 1. The van der Waals surface area contributed by atoms with Crippen molar-refractivity contribution in [3.05, 3.63) is 58.9 Å². The Morgan fingerprint density at radius 2 is 2.05 bits per heavy atom. The maximum atomic E-state index is 13.9. The molecule has 1 atom stereocenters. The molecule has 0 aliphatic carbocycles. The molecule has 106 valence electrons. The topological polar surface area (TPSA) is 41.5 Å². The second-order valence-electron chi connectivity index (χ2n) is 4.25. The molecule has 0 aromatic heterocycles. The number of rotatable bonds is 5. The van der Waals surface area contributed by atoms with Crippen molar-refractivity contribution in [2.75, 3.05) is 19.0 Å². The highest BCUT2D eigenvalue weighted by molar-refractivity contribution is 6.30. The maximum absolute atomic E-state index is 13.9. The van der Waals surface area contributed by atoms with Gasteiger partial charge in [-0.25, -0.2) is 4.39 Å². The van der Waals surface area contributed by atoms with Crippen molar-refractivity contribution in [2.45, 2.75) is 6.04 Å². The monoisotopic (exact) mass is 295 g/mol. The molecule has 0 radical (unpaired) electrons. The normalized spacial score (nSPS) is 12.0. The highest BCUT2D eigenvalue weighted by atomic mass is 35.5. The number of ether oxygens (including phenoxy) is 1. The smallest absolute Gasteiger partial charge is 0.141 e. The van der Waals surface area contributed by atoms with Gasteiger partial charge in [0, 0.05) is 10.6 Å². The molecule has 0 aliphatic heterocycles. The first kappa shape index (κ1) is 14.6. The maximum Gasteiger partial charge on any atom is 0.141 e. The van der Waals surface area contributed by atoms with Crippen LogP contribution in [0.3, 0.4) is 0 Å². The van der Waals surface area contributed by atoms with E-state index in [0.29, 0.717) is 22.0 Å². The predicted molar refractivity (Wildman–Crippen MR) is 77.9 cm³/mol. The van der Waals surface area contributed by atoms with Gasteiger partial charge in [-0.3, -0.25) is 0 Å². The van der Waals surface area contributed by atoms with Gasteiger partial charge >= 0.3 is 0 Å². The van der Waals surface area contributed by atoms with E-state index in [1.54, 1.807) is 19.2 Å². The molecule has 0 saturated heterocycles. The average molecular weight is 296 g/mol. The Bertz CT molecular complexity index is 592. The zero-order valence-corrected chi connectivity index (χ0v) is 11.7. The van der Waals surface area contributed by atoms with E-state index in [9.17, 15) is 9.50 Å². The molecule has 0 fully saturated rings. The molecule has 3 nitrogen and oxygen atoms in total. The van der Waals surface area contributed by atoms with Crippen LogP contribution in [0.25, 0.3) is 0 Å². The largest absolute Gasteiger partial charge is 0.495 e. The average Bonchev–Trinajstić information content (AvgIpc) is 2.48. The Labute approximate surface area is 122 Å². The molecule has 0 aliphatic rings. The summed E-state index contributed by atoms with van der Waals surface area (Å²) in [5, 5.41) is 13.0. The van der Waals surface area contributed by atoms with Gasteiger partial charge in [-0.1, -0.05) is 23.7 Å². The van der Waals surface area contributed by atoms with E-state index in [1.165, 1.54) is 18.2 Å². The van der Waals surface area contributed by atoms with Gasteiger partial charge in [-0.05, 0) is 30.3 Å². The number of halogens is 2. The second kappa shape index (κ2) is 6.59. The lowest BCUT2D eigenvalue weighted by Gasteiger charge is -2.20. The van der Waals surface area contributed by atoms with Crippen molar-refractivity contribution >= 4 is 17.3 Å². The molecule has 20 heavy (non-hydrogen) atoms. The summed E-state index contributed by atoms with van der Waals surface area (Å²) >= 11 is 5.88. The molecule has 1 unspecified atom stereocenters. The van der Waals surface area contributed by atoms with Crippen LogP contribution in [-0.4, -0.2) is 18.8 Å². The lowest BCUT2D eigenvalue weighted by atomic mass is 10.1. The van der Waals surface area contributed by atoms with Crippen molar-refractivity contribution in [1.29, 1.82) is 0 Å². The Balaban J connectivity index is 2.31. The Hall–Kier alpha value is -1.78. The number of methoxy groups -OCH3 is 1. The van der Waals surface area contributed by atoms with E-state index >= 15 is 0 Å². The SMILES string of the molecule is COc1ccccc1NC(CO)c1cc(Cl)ccc1F. The molecule has 5 heteroatoms. The van der Waals surface area contributed by atoms with Crippen LogP contribution >= 0.6 is 11.6 Å². The van der Waals surface area contributed by atoms with E-state index in [-0.39, 0.29) is 6.61 Å². The van der Waals surface area contributed by atoms with Crippen molar-refractivity contribution < 1.29 is 14.2 Å². The van der Waals surface area contributed by atoms with Gasteiger partial charge in [0.25, 0.3) is 0 Å². The number of benzene rings is 2. The first-order valence-corrected chi connectivity index (χ1v) is 6.49. The summed E-state index contributed by atoms with van der Waals surface area (Å²) in [4.78, 5) is 0. The van der Waals surface area contributed by atoms with Crippen molar-refractivity contribution in [3.8, 4) is 5.75 Å². The summed E-state index contributed by atoms with van der Waals surface area (Å²) in [6.45, 7) is -0.269. The van der Waals surface area contributed by atoms with Gasteiger partial charge in [0.2, 0.25) is 0 Å². The molecule has 2 aromatic rings. The quantitative estimate of drug-likeness (QED) is 0.885. The zero-order chi connectivity index (χ0) is 14.5. The minimum atomic E-state index is -0.606. The Morgan fingerprint density at radius 3 is 2.75 bits per heavy atom. The van der Waals surface area contributed by atoms with E-state index in [0.717, 1.165) is 0 Å². The van der Waals surface area contributed by atoms with E-state index < -0.39 is 11.9 Å². The predicted octanol–water partition coefficient (Wildman–Crippen LogP) is 3.63. The minimum absolute atomic E-state index is 0.269. The van der Waals surface area contributed by atoms with Gasteiger partial charge in [0.15, 0.2) is 0 Å². The Morgan fingerprint density at radius 1 is 1.30 bits per heavy atom. The number of hydrogen-bond acceptors (Lipinski definition) is 3. The molecule has 0 amide bonds. The van der Waals surface area contributed by atoms with Gasteiger partial charge < -0.3 is 15.2 Å². The molecule has 2 rings (SSSR count). The van der Waals surface area contributed by atoms with Crippen LogP contribution in [0.4, 0.5) is 10.1 Å². The molecule has 0 saturated carbocycles. The van der Waals surface area contributed by atoms with Crippen LogP contribution in [0.2, 0.25) is 5.02 Å². The summed E-state index contributed by atoms with van der Waals surface area (Å²) in [6.07, 6.45) is 0. The molecule has 2 N–H and O–H groups in total. The molecule has 0 bridgehead atoms. The van der Waals surface area contributed by atoms with Crippen LogP contribution in [0, 0.1) is 5.82 Å². The first-order chi connectivity index (χ1) is 9.65. The van der Waals surface area contributed by atoms with E-state index in [1.807, 2.05) is 12.1 Å². The molecular formula is C15H15ClFNO2. The molecule has 0 heterocycles. The van der Waals surface area contributed by atoms with E-state index in [2.05, 4.69) is 5.32 Å². The van der Waals surface area contributed by atoms with Crippen LogP contribution in [-0.2, 0) is 0 Å². The fourth-order valence-corrected chi connectivity index (χ4v) is 2.14. The number of anilines is 1. The number of hydrogen-bond donors (Lipinski definition) is 2. The number of aliphatic hydroxyl groups is 1. The van der Waals surface area contributed by atoms with Crippen LogP contribution in [0.1, 0.15) is 11.6 Å². The van der Waals surface area contributed by atoms with E-state index in [4.69, 9.17) is 16.3 Å². The molecule has 2 aromatic carbocycles. The zero-order valence-electron chi connectivity index (χ0n) is 10.9. The van der Waals surface area contributed by atoms with Crippen molar-refractivity contribution in [3.63, 3.8) is 0 Å². The minimum Gasteiger partial charge on any atom is -0.495 e. The van der Waals surface area contributed by atoms with Gasteiger partial charge in [0.1, 0.15) is 11.6 Å². The summed E-state index contributed by atoms with van der Waals surface area (Å²) in [7, 11) is 1.55. The summed E-state index contributed by atoms with van der Waals surface area (Å²) in [6, 6.07) is 10.9. The summed E-state index contributed by atoms with van der Waals surface area (Å²) < 4.78 is 19.1. The number of aliphatic hydroxyl groups excluding tert-OH is 1. The fourth-order valence-electron chi connectivity index (χ4n) is 1.95. The standard InChI is InChI=1S/C15H15ClFNO2/c1-20-15-5-3-2-4-13(15)18-14(9-19)11-8-10(16)6-7-12(11)17/h2-8,14,18-19H,9H2,1H3. The van der Waals surface area contributed by atoms with Crippen molar-refractivity contribution in [1.82, 2.24) is 0 Å². The van der Waals surface area contributed by atoms with Crippen molar-refractivity contribution in [2.24, 2.45) is 0 Å². The summed E-state index contributed by atoms with van der Waals surface area (Å²) in [5.41, 5.74) is 0.985. The summed E-state index contributed by atoms with van der Waals surface area (Å²) in [5.74, 6) is 0.198. The highest BCUT2D eigenvalue weighted by Crippen LogP contribution is 2.29. The molecule has 0 spiro atoms. The fraction of sp³-hybridized carbons (Fsp3) is 0.200. The number of para-hydroxylation sites is 2. The van der Waals surface area contributed by atoms with Gasteiger partial charge in [-0.15, -0.1) is 0 Å². The highest BCUT2D eigenvalue weighted by Gasteiger charge is 2.16. The third-order valence-corrected chi connectivity index (χ3v) is 3.19. The van der Waals surface area contributed by atoms with Gasteiger partial charge in [-0.2, -0.15) is 0 Å².